The molecule has 1 saturated carbocycles. The predicted molar refractivity (Wildman–Crippen MR) is 157 cm³/mol. The van der Waals surface area contributed by atoms with Crippen molar-refractivity contribution < 1.29 is 28.7 Å². The number of rotatable bonds is 13. The third-order valence-electron chi connectivity index (χ3n) is 8.71. The molecule has 3 fully saturated rings. The van der Waals surface area contributed by atoms with Crippen molar-refractivity contribution in [2.75, 3.05) is 39.5 Å². The number of fused-ring (bicyclic) bond motifs is 1. The van der Waals surface area contributed by atoms with Gasteiger partial charge in [-0.15, -0.1) is 0 Å². The second-order valence-electron chi connectivity index (χ2n) is 12.2. The van der Waals surface area contributed by atoms with Crippen LogP contribution in [-0.4, -0.2) is 96.6 Å². The molecule has 0 radical (unpaired) electrons. The highest BCUT2D eigenvalue weighted by Gasteiger charge is 2.50. The van der Waals surface area contributed by atoms with E-state index in [1.54, 1.807) is 13.8 Å². The molecular formula is C31H43N5O6. The molecule has 0 spiro atoms. The number of morpholine rings is 1. The Hall–Kier alpha value is -3.28. The molecule has 0 unspecified atom stereocenters. The van der Waals surface area contributed by atoms with Crippen molar-refractivity contribution in [1.29, 1.82) is 0 Å². The van der Waals surface area contributed by atoms with E-state index < -0.39 is 35.5 Å². The first kappa shape index (κ1) is 30.2. The average Bonchev–Trinajstić information content (AvgIpc) is 3.32. The zero-order valence-corrected chi connectivity index (χ0v) is 24.6. The van der Waals surface area contributed by atoms with Crippen molar-refractivity contribution in [2.45, 2.75) is 76.1 Å². The van der Waals surface area contributed by atoms with Gasteiger partial charge in [-0.3, -0.25) is 24.1 Å². The molecule has 4 atom stereocenters. The number of nitrogens with one attached hydrogen (secondary N) is 4. The number of carbonyl (C=O) groups is 4. The van der Waals surface area contributed by atoms with Crippen LogP contribution in [0.25, 0.3) is 10.9 Å². The first-order chi connectivity index (χ1) is 20.2. The topological polar surface area (TPSA) is 145 Å². The van der Waals surface area contributed by atoms with E-state index in [1.165, 1.54) is 0 Å². The van der Waals surface area contributed by atoms with E-state index in [1.807, 2.05) is 35.4 Å². The Morgan fingerprint density at radius 2 is 1.74 bits per heavy atom. The Morgan fingerprint density at radius 1 is 1.02 bits per heavy atom. The van der Waals surface area contributed by atoms with Gasteiger partial charge in [-0.2, -0.15) is 0 Å². The minimum atomic E-state index is -0.949. The number of benzene rings is 1. The summed E-state index contributed by atoms with van der Waals surface area (Å²) in [6.45, 7) is 6.35. The fourth-order valence-corrected chi connectivity index (χ4v) is 5.98. The molecule has 228 valence electrons. The van der Waals surface area contributed by atoms with Crippen LogP contribution in [0.15, 0.2) is 30.5 Å². The van der Waals surface area contributed by atoms with Crippen LogP contribution in [0, 0.1) is 5.92 Å². The highest BCUT2D eigenvalue weighted by molar-refractivity contribution is 5.98. The Kier molecular flexibility index (Phi) is 9.60. The molecule has 0 bridgehead atoms. The second-order valence-corrected chi connectivity index (χ2v) is 12.2. The summed E-state index contributed by atoms with van der Waals surface area (Å²) < 4.78 is 10.8. The Morgan fingerprint density at radius 3 is 2.45 bits per heavy atom. The normalized spacial score (nSPS) is 23.2. The standard InChI is InChI=1S/C31H43N5O6/c1-20(33-27(37)18-36-11-13-41-14-12-36)29(39)35-26(17-22-7-8-23-9-10-32-24(23)16-22)30(40)34-25(15-21-5-3-4-6-21)28(38)31(2)19-42-31/h7-10,16,20-21,25-26,32H,3-6,11-15,17-19H2,1-2H3,(H,33,37)(H,34,40)(H,35,39)/t20-,25-,26-,31+/m0/s1. The summed E-state index contributed by atoms with van der Waals surface area (Å²) >= 11 is 0. The van der Waals surface area contributed by atoms with Crippen LogP contribution < -0.4 is 16.0 Å². The SMILES string of the molecule is C[C@H](NC(=O)CN1CCOCC1)C(=O)N[C@@H](Cc1ccc2cc[nH]c2c1)C(=O)N[C@@H](CC1CCCC1)C(=O)[C@@]1(C)CO1. The molecule has 2 saturated heterocycles. The summed E-state index contributed by atoms with van der Waals surface area (Å²) in [6, 6.07) is 5.32. The van der Waals surface area contributed by atoms with Crippen LogP contribution in [0.3, 0.4) is 0 Å². The maximum absolute atomic E-state index is 13.8. The van der Waals surface area contributed by atoms with Crippen molar-refractivity contribution in [1.82, 2.24) is 25.8 Å². The molecule has 42 heavy (non-hydrogen) atoms. The molecule has 4 N–H and O–H groups in total. The predicted octanol–water partition coefficient (Wildman–Crippen LogP) is 1.46. The number of amides is 3. The Balaban J connectivity index is 1.28. The lowest BCUT2D eigenvalue weighted by Gasteiger charge is -2.27. The van der Waals surface area contributed by atoms with Gasteiger partial charge in [0, 0.05) is 31.2 Å². The highest BCUT2D eigenvalue weighted by Crippen LogP contribution is 2.33. The van der Waals surface area contributed by atoms with E-state index in [0.717, 1.165) is 42.1 Å². The molecule has 3 heterocycles. The van der Waals surface area contributed by atoms with Crippen molar-refractivity contribution >= 4 is 34.4 Å². The maximum Gasteiger partial charge on any atom is 0.243 e. The summed E-state index contributed by atoms with van der Waals surface area (Å²) in [6.07, 6.45) is 6.96. The van der Waals surface area contributed by atoms with Crippen LogP contribution in [0.1, 0.15) is 51.5 Å². The van der Waals surface area contributed by atoms with Gasteiger partial charge >= 0.3 is 0 Å². The fraction of sp³-hybridized carbons (Fsp3) is 0.613. The number of nitrogens with zero attached hydrogens (tertiary/aromatic N) is 1. The third kappa shape index (κ3) is 7.76. The van der Waals surface area contributed by atoms with E-state index in [-0.39, 0.29) is 24.7 Å². The number of hydrogen-bond donors (Lipinski definition) is 4. The molecule has 3 amide bonds. The summed E-state index contributed by atoms with van der Waals surface area (Å²) in [5, 5.41) is 9.63. The summed E-state index contributed by atoms with van der Waals surface area (Å²) in [5.74, 6) is -0.918. The molecule has 3 aliphatic rings. The van der Waals surface area contributed by atoms with Gasteiger partial charge < -0.3 is 30.4 Å². The van der Waals surface area contributed by atoms with Crippen molar-refractivity contribution in [3.05, 3.63) is 36.0 Å². The molecular weight excluding hydrogens is 538 g/mol. The zero-order valence-electron chi connectivity index (χ0n) is 24.6. The van der Waals surface area contributed by atoms with Gasteiger partial charge in [0.15, 0.2) is 5.78 Å². The van der Waals surface area contributed by atoms with E-state index in [9.17, 15) is 19.2 Å². The van der Waals surface area contributed by atoms with E-state index in [0.29, 0.717) is 45.2 Å². The van der Waals surface area contributed by atoms with Gasteiger partial charge in [0.1, 0.15) is 17.7 Å². The number of ketones is 1. The molecule has 1 aromatic heterocycles. The third-order valence-corrected chi connectivity index (χ3v) is 8.71. The lowest BCUT2D eigenvalue weighted by Crippen LogP contribution is -2.57. The summed E-state index contributed by atoms with van der Waals surface area (Å²) in [5.41, 5.74) is 0.910. The maximum atomic E-state index is 13.8. The van der Waals surface area contributed by atoms with Gasteiger partial charge in [-0.25, -0.2) is 0 Å². The lowest BCUT2D eigenvalue weighted by atomic mass is 9.90. The number of Topliss-reactive ketones (excluding diaryl/α,β-unsaturated/α-hetero) is 1. The van der Waals surface area contributed by atoms with Crippen molar-refractivity contribution in [3.8, 4) is 0 Å². The Labute approximate surface area is 246 Å². The number of H-pyrrole nitrogens is 1. The minimum absolute atomic E-state index is 0.121. The largest absolute Gasteiger partial charge is 0.379 e. The zero-order chi connectivity index (χ0) is 29.7. The van der Waals surface area contributed by atoms with Crippen LogP contribution in [0.5, 0.6) is 0 Å². The number of hydrogen-bond acceptors (Lipinski definition) is 7. The Bertz CT molecular complexity index is 1280. The summed E-state index contributed by atoms with van der Waals surface area (Å²) in [7, 11) is 0. The first-order valence-corrected chi connectivity index (χ1v) is 15.1. The van der Waals surface area contributed by atoms with E-state index in [2.05, 4.69) is 20.9 Å². The molecule has 11 heteroatoms. The van der Waals surface area contributed by atoms with Crippen LogP contribution in [0.4, 0.5) is 0 Å². The van der Waals surface area contributed by atoms with Crippen LogP contribution >= 0.6 is 0 Å². The molecule has 11 nitrogen and oxygen atoms in total. The van der Waals surface area contributed by atoms with E-state index in [4.69, 9.17) is 9.47 Å². The summed E-state index contributed by atoms with van der Waals surface area (Å²) in [4.78, 5) is 58.2. The van der Waals surface area contributed by atoms with Crippen molar-refractivity contribution in [2.24, 2.45) is 5.92 Å². The first-order valence-electron chi connectivity index (χ1n) is 15.1. The van der Waals surface area contributed by atoms with Gasteiger partial charge in [-0.1, -0.05) is 37.8 Å². The molecule has 1 aliphatic carbocycles. The number of ether oxygens (including phenoxy) is 2. The van der Waals surface area contributed by atoms with E-state index >= 15 is 0 Å². The van der Waals surface area contributed by atoms with Gasteiger partial charge in [0.25, 0.3) is 0 Å². The second kappa shape index (κ2) is 13.4. The van der Waals surface area contributed by atoms with Gasteiger partial charge in [-0.05, 0) is 49.3 Å². The van der Waals surface area contributed by atoms with Gasteiger partial charge in [0.05, 0.1) is 32.4 Å². The highest BCUT2D eigenvalue weighted by atomic mass is 16.6. The van der Waals surface area contributed by atoms with Crippen LogP contribution in [0.2, 0.25) is 0 Å². The molecule has 5 rings (SSSR count). The number of aromatic nitrogens is 1. The number of carbonyl (C=O) groups excluding carboxylic acids is 4. The minimum Gasteiger partial charge on any atom is -0.379 e. The monoisotopic (exact) mass is 581 g/mol. The van der Waals surface area contributed by atoms with Gasteiger partial charge in [0.2, 0.25) is 17.7 Å². The van der Waals surface area contributed by atoms with Crippen LogP contribution in [-0.2, 0) is 35.1 Å². The lowest BCUT2D eigenvalue weighted by molar-refractivity contribution is -0.134. The molecule has 2 aromatic rings. The number of epoxide rings is 1. The molecule has 1 aromatic carbocycles. The quantitative estimate of drug-likeness (QED) is 0.262. The average molecular weight is 582 g/mol. The number of aromatic amines is 1. The smallest absolute Gasteiger partial charge is 0.243 e. The fourth-order valence-electron chi connectivity index (χ4n) is 5.98. The molecule has 2 aliphatic heterocycles. The van der Waals surface area contributed by atoms with Crippen molar-refractivity contribution in [3.63, 3.8) is 0 Å².